The molecule has 0 saturated carbocycles. The Morgan fingerprint density at radius 1 is 1.37 bits per heavy atom. The summed E-state index contributed by atoms with van der Waals surface area (Å²) in [6, 6.07) is 10.6. The molecule has 0 bridgehead atoms. The van der Waals surface area contributed by atoms with Gasteiger partial charge in [0.1, 0.15) is 10.8 Å². The molecule has 19 heavy (non-hydrogen) atoms. The second kappa shape index (κ2) is 5.19. The lowest BCUT2D eigenvalue weighted by Crippen LogP contribution is -2.43. The number of nitrogens with two attached hydrogens (primary N) is 1. The smallest absolute Gasteiger partial charge is 0.147 e. The van der Waals surface area contributed by atoms with E-state index in [0.717, 1.165) is 35.9 Å². The van der Waals surface area contributed by atoms with Crippen molar-refractivity contribution in [2.75, 3.05) is 30.4 Å². The summed E-state index contributed by atoms with van der Waals surface area (Å²) in [5.41, 5.74) is 8.25. The van der Waals surface area contributed by atoms with E-state index in [4.69, 9.17) is 10.5 Å². The normalized spacial score (nSPS) is 19.6. The third-order valence-electron chi connectivity index (χ3n) is 3.39. The molecule has 4 nitrogen and oxygen atoms in total. The summed E-state index contributed by atoms with van der Waals surface area (Å²) in [4.78, 5) is 2.35. The van der Waals surface area contributed by atoms with Crippen molar-refractivity contribution in [1.29, 1.82) is 0 Å². The quantitative estimate of drug-likeness (QED) is 0.915. The molecule has 1 aliphatic heterocycles. The Bertz CT molecular complexity index is 555. The zero-order valence-electron chi connectivity index (χ0n) is 10.9. The first-order valence-corrected chi connectivity index (χ1v) is 7.19. The fraction of sp³-hybridized carbons (Fsp3) is 0.357. The van der Waals surface area contributed by atoms with Gasteiger partial charge in [-0.25, -0.2) is 0 Å². The standard InChI is InChI=1S/C14H17N3OS/c1-10-9-18-8-7-17(10)14-12(13(15)16-19-14)11-5-3-2-4-6-11/h2-6,10H,7-9H2,1H3,(H2,15,16). The first-order valence-electron chi connectivity index (χ1n) is 6.42. The third-order valence-corrected chi connectivity index (χ3v) is 4.29. The molecule has 1 atom stereocenters. The second-order valence-corrected chi connectivity index (χ2v) is 5.48. The van der Waals surface area contributed by atoms with E-state index in [9.17, 15) is 0 Å². The summed E-state index contributed by atoms with van der Waals surface area (Å²) >= 11 is 1.48. The van der Waals surface area contributed by atoms with Crippen molar-refractivity contribution in [3.63, 3.8) is 0 Å². The van der Waals surface area contributed by atoms with Gasteiger partial charge in [0.15, 0.2) is 0 Å². The number of anilines is 2. The first-order chi connectivity index (χ1) is 9.27. The Hall–Kier alpha value is -1.59. The molecule has 0 aliphatic carbocycles. The van der Waals surface area contributed by atoms with Crippen LogP contribution in [0.25, 0.3) is 11.1 Å². The highest BCUT2D eigenvalue weighted by Gasteiger charge is 2.25. The summed E-state index contributed by atoms with van der Waals surface area (Å²) in [5.74, 6) is 0.616. The topological polar surface area (TPSA) is 51.4 Å². The van der Waals surface area contributed by atoms with Crippen LogP contribution in [0.2, 0.25) is 0 Å². The van der Waals surface area contributed by atoms with Gasteiger partial charge in [-0.1, -0.05) is 30.3 Å². The zero-order valence-corrected chi connectivity index (χ0v) is 11.7. The van der Waals surface area contributed by atoms with Crippen molar-refractivity contribution < 1.29 is 4.74 Å². The van der Waals surface area contributed by atoms with Crippen LogP contribution in [0.1, 0.15) is 6.92 Å². The molecule has 0 spiro atoms. The molecular weight excluding hydrogens is 258 g/mol. The van der Waals surface area contributed by atoms with Crippen molar-refractivity contribution in [1.82, 2.24) is 4.37 Å². The van der Waals surface area contributed by atoms with Crippen molar-refractivity contribution >= 4 is 22.4 Å². The predicted molar refractivity (Wildman–Crippen MR) is 79.6 cm³/mol. The van der Waals surface area contributed by atoms with Crippen LogP contribution in [0.5, 0.6) is 0 Å². The van der Waals surface area contributed by atoms with Crippen molar-refractivity contribution in [3.05, 3.63) is 30.3 Å². The highest BCUT2D eigenvalue weighted by molar-refractivity contribution is 7.11. The van der Waals surface area contributed by atoms with Gasteiger partial charge in [0, 0.05) is 6.54 Å². The van der Waals surface area contributed by atoms with Crippen LogP contribution >= 0.6 is 11.5 Å². The van der Waals surface area contributed by atoms with E-state index in [1.165, 1.54) is 11.5 Å². The molecule has 2 N–H and O–H groups in total. The molecule has 1 aromatic carbocycles. The molecule has 3 rings (SSSR count). The molecule has 2 aromatic rings. The minimum atomic E-state index is 0.357. The summed E-state index contributed by atoms with van der Waals surface area (Å²) in [7, 11) is 0. The predicted octanol–water partition coefficient (Wildman–Crippen LogP) is 2.62. The van der Waals surface area contributed by atoms with E-state index in [0.29, 0.717) is 11.9 Å². The van der Waals surface area contributed by atoms with Crippen LogP contribution in [0, 0.1) is 0 Å². The molecule has 0 radical (unpaired) electrons. The fourth-order valence-corrected chi connectivity index (χ4v) is 3.36. The molecule has 0 amide bonds. The summed E-state index contributed by atoms with van der Waals surface area (Å²) < 4.78 is 9.84. The average molecular weight is 275 g/mol. The molecule has 1 aliphatic rings. The lowest BCUT2D eigenvalue weighted by Gasteiger charge is -2.34. The Morgan fingerprint density at radius 3 is 2.89 bits per heavy atom. The molecule has 1 saturated heterocycles. The van der Waals surface area contributed by atoms with E-state index < -0.39 is 0 Å². The zero-order chi connectivity index (χ0) is 13.2. The minimum Gasteiger partial charge on any atom is -0.382 e. The van der Waals surface area contributed by atoms with Crippen molar-refractivity contribution in [2.24, 2.45) is 0 Å². The molecular formula is C14H17N3OS. The average Bonchev–Trinajstić information content (AvgIpc) is 2.82. The number of hydrogen-bond acceptors (Lipinski definition) is 5. The molecule has 2 heterocycles. The van der Waals surface area contributed by atoms with Crippen LogP contribution in [0.4, 0.5) is 10.8 Å². The number of aromatic nitrogens is 1. The van der Waals surface area contributed by atoms with Gasteiger partial charge in [0.2, 0.25) is 0 Å². The summed E-state index contributed by atoms with van der Waals surface area (Å²) in [5, 5.41) is 1.15. The van der Waals surface area contributed by atoms with Crippen molar-refractivity contribution in [3.8, 4) is 11.1 Å². The molecule has 1 aromatic heterocycles. The molecule has 100 valence electrons. The Morgan fingerprint density at radius 2 is 2.16 bits per heavy atom. The minimum absolute atomic E-state index is 0.357. The maximum Gasteiger partial charge on any atom is 0.147 e. The number of nitrogen functional groups attached to an aromatic ring is 1. The Labute approximate surface area is 117 Å². The third kappa shape index (κ3) is 2.31. The summed E-state index contributed by atoms with van der Waals surface area (Å²) in [6.07, 6.45) is 0. The van der Waals surface area contributed by atoms with E-state index in [-0.39, 0.29) is 0 Å². The monoisotopic (exact) mass is 275 g/mol. The van der Waals surface area contributed by atoms with Gasteiger partial charge in [-0.3, -0.25) is 0 Å². The number of ether oxygens (including phenoxy) is 1. The van der Waals surface area contributed by atoms with Gasteiger partial charge in [-0.05, 0) is 24.0 Å². The summed E-state index contributed by atoms with van der Waals surface area (Å²) in [6.45, 7) is 4.58. The fourth-order valence-electron chi connectivity index (χ4n) is 2.39. The van der Waals surface area contributed by atoms with Crippen molar-refractivity contribution in [2.45, 2.75) is 13.0 Å². The number of benzene rings is 1. The van der Waals surface area contributed by atoms with Crippen LogP contribution < -0.4 is 10.6 Å². The van der Waals surface area contributed by atoms with Crippen LogP contribution in [-0.4, -0.2) is 30.2 Å². The van der Waals surface area contributed by atoms with Gasteiger partial charge < -0.3 is 15.4 Å². The van der Waals surface area contributed by atoms with Gasteiger partial charge in [-0.2, -0.15) is 4.37 Å². The van der Waals surface area contributed by atoms with E-state index in [1.807, 2.05) is 18.2 Å². The van der Waals surface area contributed by atoms with Crippen LogP contribution in [0.3, 0.4) is 0 Å². The van der Waals surface area contributed by atoms with E-state index >= 15 is 0 Å². The maximum atomic E-state index is 6.07. The number of hydrogen-bond donors (Lipinski definition) is 1. The lowest BCUT2D eigenvalue weighted by molar-refractivity contribution is 0.0993. The largest absolute Gasteiger partial charge is 0.382 e. The number of nitrogens with zero attached hydrogens (tertiary/aromatic N) is 2. The SMILES string of the molecule is CC1COCCN1c1snc(N)c1-c1ccccc1. The highest BCUT2D eigenvalue weighted by atomic mass is 32.1. The van der Waals surface area contributed by atoms with Gasteiger partial charge in [0.05, 0.1) is 24.8 Å². The van der Waals surface area contributed by atoms with Crippen LogP contribution in [-0.2, 0) is 4.74 Å². The molecule has 1 fully saturated rings. The molecule has 5 heteroatoms. The van der Waals surface area contributed by atoms with Gasteiger partial charge in [0.25, 0.3) is 0 Å². The number of morpholine rings is 1. The maximum absolute atomic E-state index is 6.07. The second-order valence-electron chi connectivity index (χ2n) is 4.73. The van der Waals surface area contributed by atoms with Gasteiger partial charge in [-0.15, -0.1) is 0 Å². The molecule has 1 unspecified atom stereocenters. The van der Waals surface area contributed by atoms with Crippen LogP contribution in [0.15, 0.2) is 30.3 Å². The Kier molecular flexibility index (Phi) is 3.40. The highest BCUT2D eigenvalue weighted by Crippen LogP contribution is 2.40. The number of rotatable bonds is 2. The van der Waals surface area contributed by atoms with E-state index in [1.54, 1.807) is 0 Å². The Balaban J connectivity index is 2.03. The van der Waals surface area contributed by atoms with E-state index in [2.05, 4.69) is 28.3 Å². The van der Waals surface area contributed by atoms with Gasteiger partial charge >= 0.3 is 0 Å². The lowest BCUT2D eigenvalue weighted by atomic mass is 10.1. The first kappa shape index (κ1) is 12.4.